The van der Waals surface area contributed by atoms with Crippen molar-refractivity contribution < 1.29 is 9.53 Å². The average Bonchev–Trinajstić information content (AvgIpc) is 2.94. The first-order valence-electron chi connectivity index (χ1n) is 6.47. The third-order valence-electron chi connectivity index (χ3n) is 3.51. The van der Waals surface area contributed by atoms with E-state index >= 15 is 0 Å². The van der Waals surface area contributed by atoms with Crippen molar-refractivity contribution in [2.45, 2.75) is 19.4 Å². The molecule has 1 aliphatic rings. The lowest BCUT2D eigenvalue weighted by Gasteiger charge is -2.21. The van der Waals surface area contributed by atoms with E-state index in [2.05, 4.69) is 17.6 Å². The van der Waals surface area contributed by atoms with Gasteiger partial charge in [-0.3, -0.25) is 4.79 Å². The first-order chi connectivity index (χ1) is 9.11. The van der Waals surface area contributed by atoms with E-state index in [-0.39, 0.29) is 11.9 Å². The smallest absolute Gasteiger partial charge is 0.251 e. The van der Waals surface area contributed by atoms with E-state index in [1.165, 1.54) is 0 Å². The Hall–Kier alpha value is -1.26. The van der Waals surface area contributed by atoms with Gasteiger partial charge in [0.1, 0.15) is 0 Å². The summed E-state index contributed by atoms with van der Waals surface area (Å²) in [7, 11) is 1.61. The molecule has 0 spiro atoms. The molecule has 1 aromatic rings. The van der Waals surface area contributed by atoms with Gasteiger partial charge < -0.3 is 15.4 Å². The Morgan fingerprint density at radius 1 is 1.53 bits per heavy atom. The van der Waals surface area contributed by atoms with Gasteiger partial charge in [-0.25, -0.2) is 0 Å². The lowest BCUT2D eigenvalue weighted by molar-refractivity contribution is 0.0963. The number of ether oxygens (including phenoxy) is 1. The lowest BCUT2D eigenvalue weighted by Crippen LogP contribution is -2.26. The van der Waals surface area contributed by atoms with Crippen LogP contribution in [-0.2, 0) is 4.74 Å². The van der Waals surface area contributed by atoms with Crippen molar-refractivity contribution in [1.82, 2.24) is 5.32 Å². The molecule has 19 heavy (non-hydrogen) atoms. The number of nitrogens with one attached hydrogen (secondary N) is 2. The summed E-state index contributed by atoms with van der Waals surface area (Å²) in [5.74, 6) is 0.372. The van der Waals surface area contributed by atoms with Crippen LogP contribution in [-0.4, -0.2) is 32.2 Å². The Balaban J connectivity index is 2.12. The number of hydrogen-bond donors (Lipinski definition) is 2. The Kier molecular flexibility index (Phi) is 4.66. The minimum absolute atomic E-state index is 0.114. The molecule has 1 aromatic carbocycles. The number of rotatable bonds is 4. The van der Waals surface area contributed by atoms with E-state index in [1.54, 1.807) is 25.2 Å². The normalized spacial score (nSPS) is 20.1. The first kappa shape index (κ1) is 14.2. The zero-order chi connectivity index (χ0) is 13.8. The molecule has 0 saturated carbocycles. The van der Waals surface area contributed by atoms with Crippen LogP contribution in [0.3, 0.4) is 0 Å². The highest BCUT2D eigenvalue weighted by Gasteiger charge is 2.22. The quantitative estimate of drug-likeness (QED) is 0.892. The van der Waals surface area contributed by atoms with Crippen molar-refractivity contribution in [3.8, 4) is 0 Å². The van der Waals surface area contributed by atoms with Crippen LogP contribution in [0.1, 0.15) is 23.7 Å². The minimum atomic E-state index is -0.114. The fourth-order valence-corrected chi connectivity index (χ4v) is 2.40. The maximum Gasteiger partial charge on any atom is 0.251 e. The first-order valence-corrected chi connectivity index (χ1v) is 6.85. The number of amides is 1. The van der Waals surface area contributed by atoms with Gasteiger partial charge in [0.25, 0.3) is 5.91 Å². The topological polar surface area (TPSA) is 50.4 Å². The van der Waals surface area contributed by atoms with Crippen LogP contribution < -0.4 is 10.6 Å². The van der Waals surface area contributed by atoms with Crippen molar-refractivity contribution in [3.05, 3.63) is 28.8 Å². The van der Waals surface area contributed by atoms with Crippen molar-refractivity contribution in [2.24, 2.45) is 5.92 Å². The number of carbonyl (C=O) groups is 1. The Bertz CT molecular complexity index is 459. The molecule has 2 rings (SSSR count). The second kappa shape index (κ2) is 6.26. The van der Waals surface area contributed by atoms with Crippen LogP contribution in [0.15, 0.2) is 18.2 Å². The maximum absolute atomic E-state index is 11.6. The summed E-state index contributed by atoms with van der Waals surface area (Å²) in [5, 5.41) is 6.61. The van der Waals surface area contributed by atoms with Crippen LogP contribution in [0.25, 0.3) is 0 Å². The van der Waals surface area contributed by atoms with Gasteiger partial charge in [-0.05, 0) is 31.5 Å². The van der Waals surface area contributed by atoms with Crippen LogP contribution >= 0.6 is 11.6 Å². The van der Waals surface area contributed by atoms with E-state index < -0.39 is 0 Å². The van der Waals surface area contributed by atoms with Gasteiger partial charge in [0.05, 0.1) is 17.3 Å². The molecule has 2 atom stereocenters. The molecule has 1 heterocycles. The largest absolute Gasteiger partial charge is 0.381 e. The van der Waals surface area contributed by atoms with Crippen molar-refractivity contribution in [3.63, 3.8) is 0 Å². The summed E-state index contributed by atoms with van der Waals surface area (Å²) in [5.41, 5.74) is 1.39. The van der Waals surface area contributed by atoms with E-state index in [0.717, 1.165) is 25.3 Å². The van der Waals surface area contributed by atoms with Gasteiger partial charge in [-0.2, -0.15) is 0 Å². The summed E-state index contributed by atoms with van der Waals surface area (Å²) in [4.78, 5) is 11.6. The number of anilines is 1. The predicted octanol–water partition coefficient (Wildman–Crippen LogP) is 2.54. The van der Waals surface area contributed by atoms with Crippen molar-refractivity contribution >= 4 is 23.2 Å². The second-order valence-electron chi connectivity index (χ2n) is 4.83. The lowest BCUT2D eigenvalue weighted by atomic mass is 10.0. The molecule has 0 radical (unpaired) electrons. The van der Waals surface area contributed by atoms with Crippen molar-refractivity contribution in [2.75, 3.05) is 25.6 Å². The molecule has 5 heteroatoms. The third kappa shape index (κ3) is 3.39. The summed E-state index contributed by atoms with van der Waals surface area (Å²) in [6.07, 6.45) is 1.06. The molecular formula is C14H19ClN2O2. The van der Waals surface area contributed by atoms with Crippen LogP contribution in [0.5, 0.6) is 0 Å². The minimum Gasteiger partial charge on any atom is -0.381 e. The van der Waals surface area contributed by atoms with Gasteiger partial charge in [0.2, 0.25) is 0 Å². The Morgan fingerprint density at radius 3 is 2.95 bits per heavy atom. The van der Waals surface area contributed by atoms with E-state index in [1.807, 2.05) is 0 Å². The van der Waals surface area contributed by atoms with Gasteiger partial charge in [0, 0.05) is 31.2 Å². The average molecular weight is 283 g/mol. The number of benzene rings is 1. The van der Waals surface area contributed by atoms with Gasteiger partial charge in [0.15, 0.2) is 0 Å². The summed E-state index contributed by atoms with van der Waals surface area (Å²) < 4.78 is 5.39. The molecule has 2 unspecified atom stereocenters. The third-order valence-corrected chi connectivity index (χ3v) is 3.84. The highest BCUT2D eigenvalue weighted by atomic mass is 35.5. The van der Waals surface area contributed by atoms with Crippen LogP contribution in [0.2, 0.25) is 5.02 Å². The Morgan fingerprint density at radius 2 is 2.32 bits per heavy atom. The molecule has 1 aliphatic heterocycles. The van der Waals surface area contributed by atoms with E-state index in [9.17, 15) is 4.79 Å². The highest BCUT2D eigenvalue weighted by molar-refractivity contribution is 6.33. The molecule has 1 amide bonds. The molecule has 0 bridgehead atoms. The fourth-order valence-electron chi connectivity index (χ4n) is 2.23. The zero-order valence-electron chi connectivity index (χ0n) is 11.2. The summed E-state index contributed by atoms with van der Waals surface area (Å²) >= 11 is 6.17. The van der Waals surface area contributed by atoms with Gasteiger partial charge in [-0.1, -0.05) is 11.6 Å². The zero-order valence-corrected chi connectivity index (χ0v) is 12.0. The molecule has 1 fully saturated rings. The SMILES string of the molecule is CNC(=O)c1ccc(Cl)c(NC(C)C2CCOC2)c1. The maximum atomic E-state index is 11.6. The molecule has 104 valence electrons. The van der Waals surface area contributed by atoms with Crippen LogP contribution in [0, 0.1) is 5.92 Å². The monoisotopic (exact) mass is 282 g/mol. The molecule has 2 N–H and O–H groups in total. The van der Waals surface area contributed by atoms with E-state index in [4.69, 9.17) is 16.3 Å². The van der Waals surface area contributed by atoms with Crippen LogP contribution in [0.4, 0.5) is 5.69 Å². The number of halogens is 1. The predicted molar refractivity (Wildman–Crippen MR) is 76.9 cm³/mol. The Labute approximate surface area is 118 Å². The highest BCUT2D eigenvalue weighted by Crippen LogP contribution is 2.26. The summed E-state index contributed by atoms with van der Waals surface area (Å²) in [6.45, 7) is 3.71. The summed E-state index contributed by atoms with van der Waals surface area (Å²) in [6, 6.07) is 5.51. The fraction of sp³-hybridized carbons (Fsp3) is 0.500. The molecule has 1 saturated heterocycles. The second-order valence-corrected chi connectivity index (χ2v) is 5.24. The van der Waals surface area contributed by atoms with Crippen molar-refractivity contribution in [1.29, 1.82) is 0 Å². The van der Waals surface area contributed by atoms with E-state index in [0.29, 0.717) is 16.5 Å². The number of carbonyl (C=O) groups excluding carboxylic acids is 1. The molecular weight excluding hydrogens is 264 g/mol. The van der Waals surface area contributed by atoms with Gasteiger partial charge in [-0.15, -0.1) is 0 Å². The van der Waals surface area contributed by atoms with Gasteiger partial charge >= 0.3 is 0 Å². The standard InChI is InChI=1S/C14H19ClN2O2/c1-9(11-5-6-19-8-11)17-13-7-10(14(18)16-2)3-4-12(13)15/h3-4,7,9,11,17H,5-6,8H2,1-2H3,(H,16,18). The number of hydrogen-bond acceptors (Lipinski definition) is 3. The molecule has 4 nitrogen and oxygen atoms in total. The molecule has 0 aromatic heterocycles. The molecule has 0 aliphatic carbocycles.